The highest BCUT2D eigenvalue weighted by atomic mass is 35.5. The van der Waals surface area contributed by atoms with E-state index in [2.05, 4.69) is 15.6 Å². The number of anilines is 1. The summed E-state index contributed by atoms with van der Waals surface area (Å²) in [4.78, 5) is 15.1. The average molecular weight is 239 g/mol. The third kappa shape index (κ3) is 3.11. The van der Waals surface area contributed by atoms with Crippen LogP contribution in [0.2, 0.25) is 5.02 Å². The smallest absolute Gasteiger partial charge is 0.239 e. The molecule has 16 heavy (non-hydrogen) atoms. The Balaban J connectivity index is 2.68. The van der Waals surface area contributed by atoms with E-state index in [4.69, 9.17) is 16.9 Å². The molecule has 0 saturated heterocycles. The van der Waals surface area contributed by atoms with E-state index in [0.717, 1.165) is 0 Å². The van der Waals surface area contributed by atoms with Crippen LogP contribution in [0.5, 0.6) is 0 Å². The Labute approximate surface area is 98.4 Å². The minimum atomic E-state index is -0.150. The Hall–Kier alpha value is -1.80. The van der Waals surface area contributed by atoms with E-state index >= 15 is 0 Å². The number of carbonyl (C=O) groups excluding carboxylic acids is 1. The molecule has 1 aromatic heterocycles. The van der Waals surface area contributed by atoms with Crippen LogP contribution in [0.3, 0.4) is 0 Å². The van der Waals surface area contributed by atoms with Gasteiger partial charge in [-0.3, -0.25) is 4.79 Å². The second kappa shape index (κ2) is 5.93. The number of aromatic nitrogens is 1. The predicted molar refractivity (Wildman–Crippen MR) is 61.1 cm³/mol. The predicted octanol–water partition coefficient (Wildman–Crippen LogP) is 1.15. The zero-order chi connectivity index (χ0) is 12.0. The van der Waals surface area contributed by atoms with Crippen molar-refractivity contribution in [3.8, 4) is 6.07 Å². The first-order chi connectivity index (χ1) is 7.69. The number of rotatable bonds is 4. The van der Waals surface area contributed by atoms with Crippen LogP contribution >= 0.6 is 11.6 Å². The van der Waals surface area contributed by atoms with E-state index in [1.165, 1.54) is 12.3 Å². The zero-order valence-corrected chi connectivity index (χ0v) is 9.51. The summed E-state index contributed by atoms with van der Waals surface area (Å²) >= 11 is 5.89. The zero-order valence-electron chi connectivity index (χ0n) is 8.75. The first-order valence-corrected chi connectivity index (χ1v) is 5.12. The Bertz CT molecular complexity index is 427. The van der Waals surface area contributed by atoms with Gasteiger partial charge in [0.1, 0.15) is 16.9 Å². The molecule has 0 aliphatic carbocycles. The van der Waals surface area contributed by atoms with Crippen molar-refractivity contribution in [1.82, 2.24) is 10.3 Å². The van der Waals surface area contributed by atoms with Gasteiger partial charge < -0.3 is 10.6 Å². The summed E-state index contributed by atoms with van der Waals surface area (Å²) in [6.45, 7) is 2.48. The second-order valence-electron chi connectivity index (χ2n) is 2.94. The van der Waals surface area contributed by atoms with Gasteiger partial charge in [-0.1, -0.05) is 11.6 Å². The minimum Gasteiger partial charge on any atom is -0.360 e. The molecule has 6 heteroatoms. The third-order valence-corrected chi connectivity index (χ3v) is 2.18. The lowest BCUT2D eigenvalue weighted by Gasteiger charge is -2.07. The summed E-state index contributed by atoms with van der Waals surface area (Å²) in [6.07, 6.45) is 1.46. The van der Waals surface area contributed by atoms with Crippen molar-refractivity contribution in [3.63, 3.8) is 0 Å². The molecule has 1 rings (SSSR count). The van der Waals surface area contributed by atoms with E-state index in [1.807, 2.05) is 13.0 Å². The molecule has 0 radical (unpaired) electrons. The van der Waals surface area contributed by atoms with E-state index in [9.17, 15) is 4.79 Å². The van der Waals surface area contributed by atoms with E-state index in [1.54, 1.807) is 0 Å². The molecule has 0 spiro atoms. The first-order valence-electron chi connectivity index (χ1n) is 4.74. The summed E-state index contributed by atoms with van der Waals surface area (Å²) < 4.78 is 0. The van der Waals surface area contributed by atoms with Crippen molar-refractivity contribution in [2.45, 2.75) is 6.92 Å². The highest BCUT2D eigenvalue weighted by Crippen LogP contribution is 2.22. The maximum Gasteiger partial charge on any atom is 0.239 e. The van der Waals surface area contributed by atoms with Crippen molar-refractivity contribution in [1.29, 1.82) is 5.26 Å². The number of amides is 1. The van der Waals surface area contributed by atoms with Crippen LogP contribution in [0.1, 0.15) is 12.5 Å². The molecule has 2 N–H and O–H groups in total. The first kappa shape index (κ1) is 12.3. The number of likely N-dealkylation sites (N-methyl/N-ethyl adjacent to an activating group) is 1. The lowest BCUT2D eigenvalue weighted by Crippen LogP contribution is -2.29. The number of halogens is 1. The molecule has 1 heterocycles. The van der Waals surface area contributed by atoms with Crippen LogP contribution in [-0.2, 0) is 4.79 Å². The molecule has 0 aliphatic rings. The van der Waals surface area contributed by atoms with Gasteiger partial charge in [0.15, 0.2) is 0 Å². The maximum atomic E-state index is 11.2. The van der Waals surface area contributed by atoms with Crippen LogP contribution in [-0.4, -0.2) is 24.0 Å². The van der Waals surface area contributed by atoms with Gasteiger partial charge in [0.25, 0.3) is 0 Å². The summed E-state index contributed by atoms with van der Waals surface area (Å²) in [5.74, 6) is 0.190. The van der Waals surface area contributed by atoms with Gasteiger partial charge in [-0.05, 0) is 13.0 Å². The molecule has 5 nitrogen and oxygen atoms in total. The molecule has 0 saturated carbocycles. The summed E-state index contributed by atoms with van der Waals surface area (Å²) in [6, 6.07) is 3.45. The number of hydrogen-bond donors (Lipinski definition) is 2. The molecule has 84 valence electrons. The van der Waals surface area contributed by atoms with Crippen LogP contribution in [0, 0.1) is 11.3 Å². The standard InChI is InChI=1S/C10H11ClN4O/c1-2-13-8(16)6-15-10-9(11)7(5-12)3-4-14-10/h3-4H,2,6H2,1H3,(H,13,16)(H,14,15). The minimum absolute atomic E-state index is 0.0788. The monoisotopic (exact) mass is 238 g/mol. The highest BCUT2D eigenvalue weighted by Gasteiger charge is 2.07. The van der Waals surface area contributed by atoms with Crippen LogP contribution in [0.15, 0.2) is 12.3 Å². The van der Waals surface area contributed by atoms with Crippen LogP contribution in [0.25, 0.3) is 0 Å². The highest BCUT2D eigenvalue weighted by molar-refractivity contribution is 6.34. The van der Waals surface area contributed by atoms with Crippen LogP contribution in [0.4, 0.5) is 5.82 Å². The van der Waals surface area contributed by atoms with Crippen LogP contribution < -0.4 is 10.6 Å². The molecule has 0 aliphatic heterocycles. The molecular weight excluding hydrogens is 228 g/mol. The number of pyridine rings is 1. The van der Waals surface area contributed by atoms with Gasteiger partial charge in [0.2, 0.25) is 5.91 Å². The van der Waals surface area contributed by atoms with E-state index in [0.29, 0.717) is 17.9 Å². The lowest BCUT2D eigenvalue weighted by atomic mass is 10.3. The fourth-order valence-electron chi connectivity index (χ4n) is 1.08. The van der Waals surface area contributed by atoms with E-state index < -0.39 is 0 Å². The van der Waals surface area contributed by atoms with Gasteiger partial charge in [-0.15, -0.1) is 0 Å². The number of nitrogens with zero attached hydrogens (tertiary/aromatic N) is 2. The quantitative estimate of drug-likeness (QED) is 0.825. The topological polar surface area (TPSA) is 77.8 Å². The number of nitrogens with one attached hydrogen (secondary N) is 2. The Morgan fingerprint density at radius 1 is 1.69 bits per heavy atom. The van der Waals surface area contributed by atoms with Gasteiger partial charge in [-0.2, -0.15) is 5.26 Å². The van der Waals surface area contributed by atoms with Crippen molar-refractivity contribution in [3.05, 3.63) is 22.8 Å². The van der Waals surface area contributed by atoms with Crippen molar-refractivity contribution in [2.75, 3.05) is 18.4 Å². The Kier molecular flexibility index (Phi) is 4.55. The van der Waals surface area contributed by atoms with Crippen molar-refractivity contribution >= 4 is 23.3 Å². The largest absolute Gasteiger partial charge is 0.360 e. The normalized spacial score (nSPS) is 9.31. The fraction of sp³-hybridized carbons (Fsp3) is 0.300. The fourth-order valence-corrected chi connectivity index (χ4v) is 1.30. The number of carbonyl (C=O) groups is 1. The molecular formula is C10H11ClN4O. The summed E-state index contributed by atoms with van der Waals surface area (Å²) in [7, 11) is 0. The van der Waals surface area contributed by atoms with Gasteiger partial charge >= 0.3 is 0 Å². The molecule has 0 unspecified atom stereocenters. The van der Waals surface area contributed by atoms with Crippen molar-refractivity contribution in [2.24, 2.45) is 0 Å². The molecule has 0 atom stereocenters. The van der Waals surface area contributed by atoms with Gasteiger partial charge in [0, 0.05) is 12.7 Å². The van der Waals surface area contributed by atoms with E-state index in [-0.39, 0.29) is 17.5 Å². The Morgan fingerprint density at radius 3 is 3.06 bits per heavy atom. The number of hydrogen-bond acceptors (Lipinski definition) is 4. The molecule has 1 aromatic rings. The average Bonchev–Trinajstić information content (AvgIpc) is 2.28. The maximum absolute atomic E-state index is 11.2. The number of nitriles is 1. The lowest BCUT2D eigenvalue weighted by molar-refractivity contribution is -0.119. The molecule has 0 bridgehead atoms. The molecule has 1 amide bonds. The summed E-state index contributed by atoms with van der Waals surface area (Å²) in [5.41, 5.74) is 0.329. The van der Waals surface area contributed by atoms with Crippen molar-refractivity contribution < 1.29 is 4.79 Å². The third-order valence-electron chi connectivity index (χ3n) is 1.80. The molecule has 0 fully saturated rings. The SMILES string of the molecule is CCNC(=O)CNc1nccc(C#N)c1Cl. The summed E-state index contributed by atoms with van der Waals surface area (Å²) in [5, 5.41) is 14.4. The van der Waals surface area contributed by atoms with Gasteiger partial charge in [-0.25, -0.2) is 4.98 Å². The van der Waals surface area contributed by atoms with Gasteiger partial charge in [0.05, 0.1) is 12.1 Å². The second-order valence-corrected chi connectivity index (χ2v) is 3.32. The molecule has 0 aromatic carbocycles. The Morgan fingerprint density at radius 2 is 2.44 bits per heavy atom.